The first-order valence-electron chi connectivity index (χ1n) is 11.5. The number of unbranched alkanes of at least 4 members (excludes halogenated alkanes) is 1. The van der Waals surface area contributed by atoms with Crippen molar-refractivity contribution in [1.82, 2.24) is 19.8 Å². The van der Waals surface area contributed by atoms with E-state index in [1.165, 1.54) is 37.9 Å². The van der Waals surface area contributed by atoms with Crippen molar-refractivity contribution >= 4 is 22.9 Å². The minimum absolute atomic E-state index is 0.137. The Bertz CT molecular complexity index is 803. The molecule has 6 heteroatoms. The molecule has 1 amide bonds. The molecular weight excluding hydrogens is 362 g/mol. The largest absolute Gasteiger partial charge is 0.355 e. The van der Waals surface area contributed by atoms with Crippen LogP contribution in [0.2, 0.25) is 0 Å². The Morgan fingerprint density at radius 2 is 1.86 bits per heavy atom. The number of rotatable bonds is 8. The number of aromatic nitrogens is 2. The van der Waals surface area contributed by atoms with Gasteiger partial charge in [0, 0.05) is 38.6 Å². The highest BCUT2D eigenvalue weighted by Crippen LogP contribution is 2.27. The van der Waals surface area contributed by atoms with Crippen LogP contribution in [0.1, 0.15) is 45.4 Å². The second-order valence-corrected chi connectivity index (χ2v) is 8.51. The fourth-order valence-corrected chi connectivity index (χ4v) is 4.67. The molecular formula is C23H35N5O. The Balaban J connectivity index is 1.33. The zero-order chi connectivity index (χ0) is 20.1. The van der Waals surface area contributed by atoms with Crippen LogP contribution in [0.25, 0.3) is 11.0 Å². The van der Waals surface area contributed by atoms with E-state index >= 15 is 0 Å². The molecule has 0 aliphatic carbocycles. The number of para-hydroxylation sites is 2. The zero-order valence-electron chi connectivity index (χ0n) is 17.8. The van der Waals surface area contributed by atoms with Crippen LogP contribution in [0.4, 0.5) is 5.95 Å². The predicted molar refractivity (Wildman–Crippen MR) is 118 cm³/mol. The summed E-state index contributed by atoms with van der Waals surface area (Å²) in [5, 5.41) is 3.17. The van der Waals surface area contributed by atoms with E-state index in [2.05, 4.69) is 50.9 Å². The van der Waals surface area contributed by atoms with Crippen LogP contribution in [0.3, 0.4) is 0 Å². The maximum atomic E-state index is 12.6. The van der Waals surface area contributed by atoms with Crippen molar-refractivity contribution < 1.29 is 4.79 Å². The molecule has 2 saturated heterocycles. The van der Waals surface area contributed by atoms with Crippen molar-refractivity contribution in [2.24, 2.45) is 5.92 Å². The van der Waals surface area contributed by atoms with E-state index in [9.17, 15) is 4.79 Å². The lowest BCUT2D eigenvalue weighted by Crippen LogP contribution is -2.43. The first kappa shape index (κ1) is 20.2. The third kappa shape index (κ3) is 4.74. The summed E-state index contributed by atoms with van der Waals surface area (Å²) in [6.45, 7) is 9.19. The highest BCUT2D eigenvalue weighted by molar-refractivity contribution is 5.80. The minimum Gasteiger partial charge on any atom is -0.355 e. The number of hydrogen-bond acceptors (Lipinski definition) is 4. The van der Waals surface area contributed by atoms with E-state index in [-0.39, 0.29) is 11.8 Å². The Labute approximate surface area is 174 Å². The van der Waals surface area contributed by atoms with Crippen molar-refractivity contribution in [2.75, 3.05) is 44.2 Å². The summed E-state index contributed by atoms with van der Waals surface area (Å²) >= 11 is 0. The number of benzene rings is 1. The molecule has 2 aliphatic rings. The van der Waals surface area contributed by atoms with E-state index in [4.69, 9.17) is 4.98 Å². The molecule has 1 N–H and O–H groups in total. The van der Waals surface area contributed by atoms with Gasteiger partial charge in [-0.1, -0.05) is 25.5 Å². The third-order valence-corrected chi connectivity index (χ3v) is 6.44. The maximum absolute atomic E-state index is 12.6. The summed E-state index contributed by atoms with van der Waals surface area (Å²) in [6, 6.07) is 8.42. The number of fused-ring (bicyclic) bond motifs is 1. The van der Waals surface area contributed by atoms with Crippen molar-refractivity contribution in [1.29, 1.82) is 0 Å². The van der Waals surface area contributed by atoms with Crippen molar-refractivity contribution in [3.63, 3.8) is 0 Å². The number of nitrogens with zero attached hydrogens (tertiary/aromatic N) is 4. The molecule has 0 bridgehead atoms. The molecule has 0 spiro atoms. The zero-order valence-corrected chi connectivity index (χ0v) is 17.8. The lowest BCUT2D eigenvalue weighted by atomic mass is 9.96. The number of piperidine rings is 1. The van der Waals surface area contributed by atoms with Gasteiger partial charge < -0.3 is 19.7 Å². The summed E-state index contributed by atoms with van der Waals surface area (Å²) in [7, 11) is 0. The molecule has 0 atom stereocenters. The Kier molecular flexibility index (Phi) is 6.70. The molecule has 6 nitrogen and oxygen atoms in total. The molecule has 158 valence electrons. The average molecular weight is 398 g/mol. The van der Waals surface area contributed by atoms with E-state index in [1.807, 2.05) is 0 Å². The second-order valence-electron chi connectivity index (χ2n) is 8.51. The third-order valence-electron chi connectivity index (χ3n) is 6.44. The van der Waals surface area contributed by atoms with Crippen LogP contribution in [0.15, 0.2) is 24.3 Å². The van der Waals surface area contributed by atoms with Crippen LogP contribution in [0.5, 0.6) is 0 Å². The monoisotopic (exact) mass is 397 g/mol. The number of nitrogens with one attached hydrogen (secondary N) is 1. The predicted octanol–water partition coefficient (Wildman–Crippen LogP) is 3.26. The molecule has 2 fully saturated rings. The van der Waals surface area contributed by atoms with Gasteiger partial charge in [-0.2, -0.15) is 0 Å². The number of amides is 1. The normalized spacial score (nSPS) is 18.6. The molecule has 1 aromatic heterocycles. The van der Waals surface area contributed by atoms with Crippen LogP contribution >= 0.6 is 0 Å². The quantitative estimate of drug-likeness (QED) is 0.743. The first-order valence-corrected chi connectivity index (χ1v) is 11.5. The van der Waals surface area contributed by atoms with Gasteiger partial charge >= 0.3 is 0 Å². The average Bonchev–Trinajstić information content (AvgIpc) is 3.40. The molecule has 0 saturated carbocycles. The number of hydrogen-bond donors (Lipinski definition) is 1. The molecule has 29 heavy (non-hydrogen) atoms. The van der Waals surface area contributed by atoms with Gasteiger partial charge in [-0.05, 0) is 57.3 Å². The van der Waals surface area contributed by atoms with E-state index in [0.717, 1.165) is 63.5 Å². The lowest BCUT2D eigenvalue weighted by Gasteiger charge is -2.32. The number of imidazole rings is 1. The molecule has 2 aliphatic heterocycles. The molecule has 3 heterocycles. The first-order chi connectivity index (χ1) is 14.3. The van der Waals surface area contributed by atoms with Crippen molar-refractivity contribution in [3.8, 4) is 0 Å². The smallest absolute Gasteiger partial charge is 0.223 e. The van der Waals surface area contributed by atoms with Crippen molar-refractivity contribution in [2.45, 2.75) is 52.0 Å². The van der Waals surface area contributed by atoms with Gasteiger partial charge in [0.25, 0.3) is 0 Å². The molecule has 2 aromatic rings. The number of carbonyl (C=O) groups is 1. The van der Waals surface area contributed by atoms with Gasteiger partial charge in [0.15, 0.2) is 0 Å². The summed E-state index contributed by atoms with van der Waals surface area (Å²) in [5.41, 5.74) is 2.29. The minimum atomic E-state index is 0.137. The van der Waals surface area contributed by atoms with E-state index in [0.29, 0.717) is 0 Å². The number of likely N-dealkylation sites (tertiary alicyclic amines) is 1. The van der Waals surface area contributed by atoms with Crippen LogP contribution in [0, 0.1) is 5.92 Å². The SMILES string of the molecule is CCCCn1c(N2CCC(C(=O)NCCN3CCCC3)CC2)nc2ccccc21. The number of carbonyl (C=O) groups excluding carboxylic acids is 1. The standard InChI is InChI=1S/C23H35N5O/c1-2-3-15-28-21-9-5-4-8-20(21)25-23(28)27-16-10-19(11-17-27)22(29)24-12-18-26-13-6-7-14-26/h4-5,8-9,19H,2-3,6-7,10-18H2,1H3,(H,24,29). The summed E-state index contributed by atoms with van der Waals surface area (Å²) < 4.78 is 2.37. The lowest BCUT2D eigenvalue weighted by molar-refractivity contribution is -0.125. The van der Waals surface area contributed by atoms with Crippen molar-refractivity contribution in [3.05, 3.63) is 24.3 Å². The van der Waals surface area contributed by atoms with Gasteiger partial charge in [0.2, 0.25) is 11.9 Å². The van der Waals surface area contributed by atoms with Gasteiger partial charge in [0.1, 0.15) is 0 Å². The Morgan fingerprint density at radius 3 is 2.62 bits per heavy atom. The second kappa shape index (κ2) is 9.61. The number of anilines is 1. The maximum Gasteiger partial charge on any atom is 0.223 e. The van der Waals surface area contributed by atoms with Crippen LogP contribution in [-0.2, 0) is 11.3 Å². The number of aryl methyl sites for hydroxylation is 1. The summed E-state index contributed by atoms with van der Waals surface area (Å²) in [5.74, 6) is 1.45. The molecule has 1 aromatic carbocycles. The fourth-order valence-electron chi connectivity index (χ4n) is 4.67. The van der Waals surface area contributed by atoms with Crippen LogP contribution < -0.4 is 10.2 Å². The summed E-state index contributed by atoms with van der Waals surface area (Å²) in [4.78, 5) is 22.4. The fraction of sp³-hybridized carbons (Fsp3) is 0.652. The van der Waals surface area contributed by atoms with Gasteiger partial charge in [-0.3, -0.25) is 4.79 Å². The molecule has 0 unspecified atom stereocenters. The molecule has 4 rings (SSSR count). The summed E-state index contributed by atoms with van der Waals surface area (Å²) in [6.07, 6.45) is 6.75. The highest BCUT2D eigenvalue weighted by atomic mass is 16.1. The topological polar surface area (TPSA) is 53.4 Å². The van der Waals surface area contributed by atoms with E-state index < -0.39 is 0 Å². The van der Waals surface area contributed by atoms with Gasteiger partial charge in [-0.25, -0.2) is 4.98 Å². The van der Waals surface area contributed by atoms with Crippen LogP contribution in [-0.4, -0.2) is 59.6 Å². The molecule has 0 radical (unpaired) electrons. The Hall–Kier alpha value is -2.08. The van der Waals surface area contributed by atoms with Gasteiger partial charge in [0.05, 0.1) is 11.0 Å². The highest BCUT2D eigenvalue weighted by Gasteiger charge is 2.27. The van der Waals surface area contributed by atoms with Gasteiger partial charge in [-0.15, -0.1) is 0 Å². The van der Waals surface area contributed by atoms with E-state index in [1.54, 1.807) is 0 Å². The Morgan fingerprint density at radius 1 is 1.10 bits per heavy atom.